The summed E-state index contributed by atoms with van der Waals surface area (Å²) < 4.78 is 0. The van der Waals surface area contributed by atoms with Crippen LogP contribution in [0.3, 0.4) is 0 Å². The summed E-state index contributed by atoms with van der Waals surface area (Å²) in [6, 6.07) is 4.90. The van der Waals surface area contributed by atoms with Crippen molar-refractivity contribution in [3.8, 4) is 0 Å². The number of hydrogen-bond acceptors (Lipinski definition) is 3. The maximum atomic E-state index is 9.53. The van der Waals surface area contributed by atoms with Crippen molar-refractivity contribution in [1.29, 1.82) is 0 Å². The summed E-state index contributed by atoms with van der Waals surface area (Å²) in [6.45, 7) is -0.0763. The Morgan fingerprint density at radius 3 is 2.77 bits per heavy atom. The Kier molecular flexibility index (Phi) is 3.54. The van der Waals surface area contributed by atoms with Crippen LogP contribution in [0.1, 0.15) is 18.1 Å². The summed E-state index contributed by atoms with van der Waals surface area (Å²) in [5.41, 5.74) is 6.68. The van der Waals surface area contributed by atoms with E-state index in [0.717, 1.165) is 0 Å². The molecule has 13 heavy (non-hydrogen) atoms. The predicted molar refractivity (Wildman–Crippen MR) is 52.5 cm³/mol. The van der Waals surface area contributed by atoms with E-state index in [-0.39, 0.29) is 13.0 Å². The molecule has 0 saturated carbocycles. The molecule has 0 aromatic heterocycles. The molecule has 72 valence electrons. The van der Waals surface area contributed by atoms with Crippen LogP contribution < -0.4 is 5.73 Å². The minimum absolute atomic E-state index is 0.0763. The Balaban J connectivity index is 2.91. The Hall–Kier alpha value is -0.770. The second-order valence-electron chi connectivity index (χ2n) is 2.80. The highest BCUT2D eigenvalue weighted by atomic mass is 35.5. The average molecular weight is 202 g/mol. The highest BCUT2D eigenvalue weighted by Crippen LogP contribution is 2.25. The van der Waals surface area contributed by atoms with Crippen LogP contribution in [0.2, 0.25) is 5.02 Å². The smallest absolute Gasteiger partial charge is 0.0832 e. The lowest BCUT2D eigenvalue weighted by atomic mass is 10.1. The lowest BCUT2D eigenvalue weighted by Gasteiger charge is -2.12. The number of aliphatic hydroxyl groups excluding tert-OH is 2. The second kappa shape index (κ2) is 4.46. The van der Waals surface area contributed by atoms with Gasteiger partial charge in [0.15, 0.2) is 0 Å². The first-order valence-electron chi connectivity index (χ1n) is 3.99. The van der Waals surface area contributed by atoms with Crippen LogP contribution in [0.25, 0.3) is 0 Å². The zero-order valence-electron chi connectivity index (χ0n) is 7.07. The van der Waals surface area contributed by atoms with Crippen molar-refractivity contribution in [2.45, 2.75) is 12.5 Å². The fourth-order valence-corrected chi connectivity index (χ4v) is 1.29. The lowest BCUT2D eigenvalue weighted by molar-refractivity contribution is 0.135. The van der Waals surface area contributed by atoms with Crippen LogP contribution in [-0.4, -0.2) is 16.8 Å². The third-order valence-electron chi connectivity index (χ3n) is 1.81. The number of rotatable bonds is 3. The van der Waals surface area contributed by atoms with E-state index < -0.39 is 6.10 Å². The first-order valence-corrected chi connectivity index (χ1v) is 4.37. The van der Waals surface area contributed by atoms with Gasteiger partial charge in [-0.1, -0.05) is 11.6 Å². The maximum absolute atomic E-state index is 9.53. The number of benzene rings is 1. The highest BCUT2D eigenvalue weighted by molar-refractivity contribution is 6.30. The number of hydrogen-bond donors (Lipinski definition) is 3. The van der Waals surface area contributed by atoms with Crippen molar-refractivity contribution in [2.75, 3.05) is 12.3 Å². The van der Waals surface area contributed by atoms with Crippen molar-refractivity contribution in [3.05, 3.63) is 28.8 Å². The van der Waals surface area contributed by atoms with Crippen molar-refractivity contribution in [3.63, 3.8) is 0 Å². The zero-order chi connectivity index (χ0) is 9.84. The van der Waals surface area contributed by atoms with E-state index in [2.05, 4.69) is 0 Å². The molecule has 1 unspecified atom stereocenters. The van der Waals surface area contributed by atoms with Crippen LogP contribution in [0, 0.1) is 0 Å². The van der Waals surface area contributed by atoms with E-state index >= 15 is 0 Å². The van der Waals surface area contributed by atoms with Crippen molar-refractivity contribution in [1.82, 2.24) is 0 Å². The number of anilines is 1. The second-order valence-corrected chi connectivity index (χ2v) is 3.24. The lowest BCUT2D eigenvalue weighted by Crippen LogP contribution is -2.03. The Morgan fingerprint density at radius 2 is 2.15 bits per heavy atom. The summed E-state index contributed by atoms with van der Waals surface area (Å²) in [5.74, 6) is 0. The van der Waals surface area contributed by atoms with E-state index in [0.29, 0.717) is 16.3 Å². The van der Waals surface area contributed by atoms with Gasteiger partial charge in [-0.2, -0.15) is 0 Å². The minimum atomic E-state index is -0.747. The summed E-state index contributed by atoms with van der Waals surface area (Å²) >= 11 is 5.73. The number of halogens is 1. The predicted octanol–water partition coefficient (Wildman–Crippen LogP) is 1.34. The van der Waals surface area contributed by atoms with Crippen LogP contribution in [0.5, 0.6) is 0 Å². The molecular weight excluding hydrogens is 190 g/mol. The van der Waals surface area contributed by atoms with E-state index in [4.69, 9.17) is 22.4 Å². The molecule has 0 amide bonds. The van der Waals surface area contributed by atoms with E-state index in [9.17, 15) is 5.11 Å². The van der Waals surface area contributed by atoms with Gasteiger partial charge in [-0.3, -0.25) is 0 Å². The van der Waals surface area contributed by atoms with Crippen LogP contribution in [-0.2, 0) is 0 Å². The monoisotopic (exact) mass is 201 g/mol. The van der Waals surface area contributed by atoms with Gasteiger partial charge in [-0.05, 0) is 18.2 Å². The maximum Gasteiger partial charge on any atom is 0.0832 e. The zero-order valence-corrected chi connectivity index (χ0v) is 7.83. The van der Waals surface area contributed by atoms with Crippen molar-refractivity contribution in [2.24, 2.45) is 0 Å². The molecule has 0 radical (unpaired) electrons. The fraction of sp³-hybridized carbons (Fsp3) is 0.333. The molecule has 1 rings (SSSR count). The largest absolute Gasteiger partial charge is 0.398 e. The fourth-order valence-electron chi connectivity index (χ4n) is 1.11. The molecule has 1 aromatic carbocycles. The third kappa shape index (κ3) is 2.59. The van der Waals surface area contributed by atoms with Gasteiger partial charge in [0.25, 0.3) is 0 Å². The number of nitrogens with two attached hydrogens (primary N) is 1. The summed E-state index contributed by atoms with van der Waals surface area (Å²) in [6.07, 6.45) is -0.478. The van der Waals surface area contributed by atoms with Crippen LogP contribution in [0.15, 0.2) is 18.2 Å². The topological polar surface area (TPSA) is 66.5 Å². The van der Waals surface area contributed by atoms with Gasteiger partial charge in [0.05, 0.1) is 6.10 Å². The molecule has 4 N–H and O–H groups in total. The number of nitrogen functional groups attached to an aromatic ring is 1. The summed E-state index contributed by atoms with van der Waals surface area (Å²) in [7, 11) is 0. The van der Waals surface area contributed by atoms with Gasteiger partial charge in [0.1, 0.15) is 0 Å². The SMILES string of the molecule is Nc1ccc(Cl)cc1C(O)CCO. The summed E-state index contributed by atoms with van der Waals surface area (Å²) in [4.78, 5) is 0. The normalized spacial score (nSPS) is 12.8. The molecule has 1 aromatic rings. The molecule has 0 fully saturated rings. The van der Waals surface area contributed by atoms with Crippen LogP contribution >= 0.6 is 11.6 Å². The van der Waals surface area contributed by atoms with Gasteiger partial charge in [0.2, 0.25) is 0 Å². The molecular formula is C9H12ClNO2. The molecule has 0 aliphatic heterocycles. The first-order chi connectivity index (χ1) is 6.15. The molecule has 3 nitrogen and oxygen atoms in total. The minimum Gasteiger partial charge on any atom is -0.398 e. The molecule has 0 spiro atoms. The number of aliphatic hydroxyl groups is 2. The van der Waals surface area contributed by atoms with Crippen molar-refractivity contribution >= 4 is 17.3 Å². The van der Waals surface area contributed by atoms with Gasteiger partial charge >= 0.3 is 0 Å². The van der Waals surface area contributed by atoms with Gasteiger partial charge in [-0.15, -0.1) is 0 Å². The Morgan fingerprint density at radius 1 is 1.46 bits per heavy atom. The van der Waals surface area contributed by atoms with E-state index in [1.54, 1.807) is 18.2 Å². The molecule has 0 heterocycles. The van der Waals surface area contributed by atoms with E-state index in [1.165, 1.54) is 0 Å². The van der Waals surface area contributed by atoms with Crippen molar-refractivity contribution < 1.29 is 10.2 Å². The third-order valence-corrected chi connectivity index (χ3v) is 2.05. The highest BCUT2D eigenvalue weighted by Gasteiger charge is 2.10. The Labute approximate surface area is 81.8 Å². The van der Waals surface area contributed by atoms with Gasteiger partial charge in [-0.25, -0.2) is 0 Å². The molecule has 0 aliphatic rings. The molecule has 1 atom stereocenters. The molecule has 0 saturated heterocycles. The van der Waals surface area contributed by atoms with Crippen LogP contribution in [0.4, 0.5) is 5.69 Å². The molecule has 4 heteroatoms. The first kappa shape index (κ1) is 10.3. The Bertz CT molecular complexity index is 291. The molecule has 0 aliphatic carbocycles. The standard InChI is InChI=1S/C9H12ClNO2/c10-6-1-2-8(11)7(5-6)9(13)3-4-12/h1-2,5,9,12-13H,3-4,11H2. The quantitative estimate of drug-likeness (QED) is 0.647. The summed E-state index contributed by atoms with van der Waals surface area (Å²) in [5, 5.41) is 18.7. The molecule has 0 bridgehead atoms. The van der Waals surface area contributed by atoms with E-state index in [1.807, 2.05) is 0 Å². The van der Waals surface area contributed by atoms with Gasteiger partial charge in [0, 0.05) is 29.3 Å². The average Bonchev–Trinajstić information content (AvgIpc) is 2.09. The van der Waals surface area contributed by atoms with Gasteiger partial charge < -0.3 is 15.9 Å².